The molecule has 0 N–H and O–H groups in total. The Morgan fingerprint density at radius 2 is 1.65 bits per heavy atom. The van der Waals surface area contributed by atoms with Crippen molar-refractivity contribution in [2.75, 3.05) is 0 Å². The predicted octanol–water partition coefficient (Wildman–Crippen LogP) is 4.41. The maximum atomic E-state index is 4.75. The summed E-state index contributed by atoms with van der Waals surface area (Å²) in [6.45, 7) is 4.27. The maximum absolute atomic E-state index is 4.75. The van der Waals surface area contributed by atoms with E-state index in [4.69, 9.17) is 5.10 Å². The van der Waals surface area contributed by atoms with Crippen LogP contribution in [0.5, 0.6) is 0 Å². The molecule has 20 heavy (non-hydrogen) atoms. The van der Waals surface area contributed by atoms with Crippen LogP contribution in [0.3, 0.4) is 0 Å². The van der Waals surface area contributed by atoms with Crippen LogP contribution >= 0.6 is 0 Å². The molecule has 3 aromatic rings. The zero-order valence-electron chi connectivity index (χ0n) is 11.9. The monoisotopic (exact) mass is 262 g/mol. The third-order valence-corrected chi connectivity index (χ3v) is 3.57. The first kappa shape index (κ1) is 12.7. The Morgan fingerprint density at radius 3 is 2.35 bits per heavy atom. The largest absolute Gasteiger partial charge is 0.240 e. The summed E-state index contributed by atoms with van der Waals surface area (Å²) in [5, 5.41) is 4.75. The van der Waals surface area contributed by atoms with E-state index in [9.17, 15) is 0 Å². The van der Waals surface area contributed by atoms with Gasteiger partial charge >= 0.3 is 0 Å². The second kappa shape index (κ2) is 5.33. The molecule has 0 fully saturated rings. The second-order valence-corrected chi connectivity index (χ2v) is 4.94. The molecule has 0 bridgehead atoms. The highest BCUT2D eigenvalue weighted by atomic mass is 15.3. The van der Waals surface area contributed by atoms with Gasteiger partial charge < -0.3 is 0 Å². The van der Waals surface area contributed by atoms with Crippen molar-refractivity contribution in [1.82, 2.24) is 9.78 Å². The van der Waals surface area contributed by atoms with Crippen LogP contribution in [0.25, 0.3) is 16.8 Å². The van der Waals surface area contributed by atoms with Crippen LogP contribution in [0.4, 0.5) is 0 Å². The van der Waals surface area contributed by atoms with Gasteiger partial charge in [0.1, 0.15) is 0 Å². The average molecular weight is 262 g/mol. The number of aromatic nitrogens is 2. The Hall–Kier alpha value is -2.35. The van der Waals surface area contributed by atoms with Gasteiger partial charge in [-0.1, -0.05) is 55.5 Å². The Morgan fingerprint density at radius 1 is 0.950 bits per heavy atom. The molecule has 2 heteroatoms. The average Bonchev–Trinajstić information content (AvgIpc) is 2.92. The van der Waals surface area contributed by atoms with E-state index in [1.807, 2.05) is 10.7 Å². The highest BCUT2D eigenvalue weighted by molar-refractivity contribution is 5.66. The molecule has 0 aliphatic heterocycles. The van der Waals surface area contributed by atoms with Crippen molar-refractivity contribution in [3.8, 4) is 16.8 Å². The fourth-order valence-electron chi connectivity index (χ4n) is 2.47. The van der Waals surface area contributed by atoms with E-state index in [-0.39, 0.29) is 0 Å². The standard InChI is InChI=1S/C18H18N2/c1-3-17-16(15-10-5-4-6-11-15)13-20(19-17)18-12-8-7-9-14(18)2/h4-13H,3H2,1-2H3. The minimum Gasteiger partial charge on any atom is -0.240 e. The summed E-state index contributed by atoms with van der Waals surface area (Å²) in [7, 11) is 0. The van der Waals surface area contributed by atoms with Crippen molar-refractivity contribution in [1.29, 1.82) is 0 Å². The predicted molar refractivity (Wildman–Crippen MR) is 83.1 cm³/mol. The molecule has 2 nitrogen and oxygen atoms in total. The molecular weight excluding hydrogens is 244 g/mol. The van der Waals surface area contributed by atoms with E-state index in [2.05, 4.69) is 68.6 Å². The molecule has 0 saturated carbocycles. The summed E-state index contributed by atoms with van der Waals surface area (Å²) in [6.07, 6.45) is 3.07. The summed E-state index contributed by atoms with van der Waals surface area (Å²) in [4.78, 5) is 0. The number of hydrogen-bond acceptors (Lipinski definition) is 1. The zero-order valence-corrected chi connectivity index (χ0v) is 11.9. The molecular formula is C18H18N2. The fraction of sp³-hybridized carbons (Fsp3) is 0.167. The first-order chi connectivity index (χ1) is 9.79. The van der Waals surface area contributed by atoms with Crippen LogP contribution in [-0.4, -0.2) is 9.78 Å². The van der Waals surface area contributed by atoms with Crippen LogP contribution in [0.1, 0.15) is 18.2 Å². The fourth-order valence-corrected chi connectivity index (χ4v) is 2.47. The second-order valence-electron chi connectivity index (χ2n) is 4.94. The van der Waals surface area contributed by atoms with Gasteiger partial charge in [-0.2, -0.15) is 5.10 Å². The Kier molecular flexibility index (Phi) is 3.38. The van der Waals surface area contributed by atoms with Gasteiger partial charge in [-0.25, -0.2) is 4.68 Å². The van der Waals surface area contributed by atoms with Gasteiger partial charge in [-0.15, -0.1) is 0 Å². The lowest BCUT2D eigenvalue weighted by atomic mass is 10.1. The zero-order chi connectivity index (χ0) is 13.9. The molecule has 0 radical (unpaired) electrons. The van der Waals surface area contributed by atoms with Crippen molar-refractivity contribution < 1.29 is 0 Å². The topological polar surface area (TPSA) is 17.8 Å². The molecule has 0 spiro atoms. The van der Waals surface area contributed by atoms with Crippen LogP contribution in [0.2, 0.25) is 0 Å². The van der Waals surface area contributed by atoms with Gasteiger partial charge in [0.15, 0.2) is 0 Å². The van der Waals surface area contributed by atoms with Gasteiger partial charge in [0.2, 0.25) is 0 Å². The number of hydrogen-bond donors (Lipinski definition) is 0. The summed E-state index contributed by atoms with van der Waals surface area (Å²) in [5.41, 5.74) is 5.96. The third kappa shape index (κ3) is 2.25. The van der Waals surface area contributed by atoms with E-state index in [1.54, 1.807) is 0 Å². The normalized spacial score (nSPS) is 10.7. The molecule has 1 heterocycles. The minimum atomic E-state index is 0.934. The molecule has 0 unspecified atom stereocenters. The smallest absolute Gasteiger partial charge is 0.0704 e. The molecule has 0 amide bonds. The maximum Gasteiger partial charge on any atom is 0.0704 e. The lowest BCUT2D eigenvalue weighted by Crippen LogP contribution is -1.97. The quantitative estimate of drug-likeness (QED) is 0.683. The molecule has 3 rings (SSSR count). The first-order valence-corrected chi connectivity index (χ1v) is 6.99. The third-order valence-electron chi connectivity index (χ3n) is 3.57. The van der Waals surface area contributed by atoms with Gasteiger partial charge in [-0.3, -0.25) is 0 Å². The summed E-state index contributed by atoms with van der Waals surface area (Å²) < 4.78 is 2.00. The lowest BCUT2D eigenvalue weighted by molar-refractivity contribution is 0.836. The van der Waals surface area contributed by atoms with Gasteiger partial charge in [0, 0.05) is 11.8 Å². The molecule has 0 saturated heterocycles. The summed E-state index contributed by atoms with van der Waals surface area (Å²) >= 11 is 0. The van der Waals surface area contributed by atoms with E-state index in [0.717, 1.165) is 17.8 Å². The Labute approximate surface area is 119 Å². The summed E-state index contributed by atoms with van der Waals surface area (Å²) in [6, 6.07) is 18.8. The molecule has 2 aromatic carbocycles. The summed E-state index contributed by atoms with van der Waals surface area (Å²) in [5.74, 6) is 0. The lowest BCUT2D eigenvalue weighted by Gasteiger charge is -2.04. The SMILES string of the molecule is CCc1nn(-c2ccccc2C)cc1-c1ccccc1. The highest BCUT2D eigenvalue weighted by Gasteiger charge is 2.11. The number of para-hydroxylation sites is 1. The van der Waals surface area contributed by atoms with Crippen LogP contribution in [-0.2, 0) is 6.42 Å². The van der Waals surface area contributed by atoms with Crippen molar-refractivity contribution in [2.45, 2.75) is 20.3 Å². The van der Waals surface area contributed by atoms with Crippen LogP contribution in [0.15, 0.2) is 60.8 Å². The van der Waals surface area contributed by atoms with E-state index >= 15 is 0 Å². The molecule has 100 valence electrons. The van der Waals surface area contributed by atoms with Crippen molar-refractivity contribution in [3.05, 3.63) is 72.1 Å². The van der Waals surface area contributed by atoms with Crippen LogP contribution in [0, 0.1) is 6.92 Å². The number of aryl methyl sites for hydroxylation is 2. The highest BCUT2D eigenvalue weighted by Crippen LogP contribution is 2.25. The van der Waals surface area contributed by atoms with Gasteiger partial charge in [0.05, 0.1) is 11.4 Å². The number of nitrogens with zero attached hydrogens (tertiary/aromatic N) is 2. The molecule has 0 aliphatic carbocycles. The molecule has 1 aromatic heterocycles. The van der Waals surface area contributed by atoms with Crippen LogP contribution < -0.4 is 0 Å². The number of rotatable bonds is 3. The number of benzene rings is 2. The van der Waals surface area contributed by atoms with Crippen molar-refractivity contribution in [2.24, 2.45) is 0 Å². The van der Waals surface area contributed by atoms with E-state index in [0.29, 0.717) is 0 Å². The first-order valence-electron chi connectivity index (χ1n) is 6.99. The van der Waals surface area contributed by atoms with Crippen molar-refractivity contribution in [3.63, 3.8) is 0 Å². The van der Waals surface area contributed by atoms with Gasteiger partial charge in [0.25, 0.3) is 0 Å². The van der Waals surface area contributed by atoms with E-state index < -0.39 is 0 Å². The minimum absolute atomic E-state index is 0.934. The van der Waals surface area contributed by atoms with Gasteiger partial charge in [-0.05, 0) is 30.5 Å². The Bertz CT molecular complexity index is 711. The van der Waals surface area contributed by atoms with E-state index in [1.165, 1.54) is 16.7 Å². The van der Waals surface area contributed by atoms with Crippen molar-refractivity contribution >= 4 is 0 Å². The molecule has 0 atom stereocenters. The molecule has 0 aliphatic rings. The Balaban J connectivity index is 2.13.